The minimum Gasteiger partial charge on any atom is -0.437 e. The molecule has 5 rings (SSSR count). The molecule has 2 saturated heterocycles. The van der Waals surface area contributed by atoms with Crippen molar-refractivity contribution in [3.05, 3.63) is 64.3 Å². The number of hydrogen-bond donors (Lipinski definition) is 2. The lowest BCUT2D eigenvalue weighted by molar-refractivity contribution is 0.175. The third-order valence-electron chi connectivity index (χ3n) is 9.13. The molecule has 1 unspecified atom stereocenters. The molecule has 0 bridgehead atoms. The average molecular weight is 719 g/mol. The molecule has 0 radical (unpaired) electrons. The molecule has 0 spiro atoms. The second-order valence-corrected chi connectivity index (χ2v) is 16.1. The van der Waals surface area contributed by atoms with Crippen LogP contribution in [-0.4, -0.2) is 105 Å². The smallest absolute Gasteiger partial charge is 0.314 e. The first kappa shape index (κ1) is 36.1. The Kier molecular flexibility index (Phi) is 12.4. The van der Waals surface area contributed by atoms with Crippen molar-refractivity contribution >= 4 is 44.9 Å². The zero-order chi connectivity index (χ0) is 34.3. The van der Waals surface area contributed by atoms with Gasteiger partial charge in [0.1, 0.15) is 21.4 Å². The molecule has 4 heterocycles. The van der Waals surface area contributed by atoms with E-state index in [1.807, 2.05) is 30.3 Å². The lowest BCUT2D eigenvalue weighted by atomic mass is 9.96. The minimum absolute atomic E-state index is 0.145. The Balaban J connectivity index is 1.23. The lowest BCUT2D eigenvalue weighted by Gasteiger charge is -2.35. The normalized spacial score (nSPS) is 17.2. The van der Waals surface area contributed by atoms with Gasteiger partial charge in [0.2, 0.25) is 5.88 Å². The van der Waals surface area contributed by atoms with Crippen LogP contribution >= 0.6 is 23.2 Å². The number of hydrogen-bond acceptors (Lipinski definition) is 9. The third-order valence-corrected chi connectivity index (χ3v) is 11.3. The topological polar surface area (TPSA) is 120 Å². The number of pyridine rings is 2. The van der Waals surface area contributed by atoms with Gasteiger partial charge in [0, 0.05) is 74.2 Å². The predicted molar refractivity (Wildman–Crippen MR) is 192 cm³/mol. The van der Waals surface area contributed by atoms with Gasteiger partial charge in [0.15, 0.2) is 0 Å². The van der Waals surface area contributed by atoms with E-state index in [2.05, 4.69) is 31.4 Å². The Morgan fingerprint density at radius 1 is 1.00 bits per heavy atom. The van der Waals surface area contributed by atoms with Gasteiger partial charge in [-0.25, -0.2) is 23.2 Å². The van der Waals surface area contributed by atoms with Crippen LogP contribution < -0.4 is 20.3 Å². The second-order valence-electron chi connectivity index (χ2n) is 12.7. The standard InChI is InChI=1S/C34H45Cl2N7O4S/c1-24(48(3,45)46)6-9-41-12-14-43(15-13-41)32-5-4-30(22-38-32)47-33-17-26(16-31(40-33)27-18-28(35)20-29(36)19-27)23-42-10-7-25(8-11-42)21-39-34(44)37-2/h4-5,16-20,22,24-25H,6-15,21,23H2,1-3H3,(H2,37,39,44). The van der Waals surface area contributed by atoms with E-state index in [-0.39, 0.29) is 11.3 Å². The van der Waals surface area contributed by atoms with Crippen molar-refractivity contribution in [3.8, 4) is 22.9 Å². The van der Waals surface area contributed by atoms with Crippen LogP contribution in [0.25, 0.3) is 11.3 Å². The number of ether oxygens (including phenoxy) is 1. The number of urea groups is 1. The summed E-state index contributed by atoms with van der Waals surface area (Å²) in [6.07, 6.45) is 5.67. The van der Waals surface area contributed by atoms with Crippen LogP contribution in [0.15, 0.2) is 48.7 Å². The molecule has 11 nitrogen and oxygen atoms in total. The number of carbonyl (C=O) groups is 1. The minimum atomic E-state index is -3.01. The monoisotopic (exact) mass is 717 g/mol. The highest BCUT2D eigenvalue weighted by molar-refractivity contribution is 7.91. The molecule has 0 aliphatic carbocycles. The van der Waals surface area contributed by atoms with Crippen molar-refractivity contribution in [2.24, 2.45) is 5.92 Å². The molecule has 0 saturated carbocycles. The van der Waals surface area contributed by atoms with Gasteiger partial charge < -0.3 is 20.3 Å². The first-order valence-electron chi connectivity index (χ1n) is 16.4. The van der Waals surface area contributed by atoms with Gasteiger partial charge in [0.05, 0.1) is 17.1 Å². The van der Waals surface area contributed by atoms with Gasteiger partial charge in [-0.3, -0.25) is 9.80 Å². The van der Waals surface area contributed by atoms with Gasteiger partial charge in [0.25, 0.3) is 0 Å². The number of likely N-dealkylation sites (tertiary alicyclic amines) is 1. The van der Waals surface area contributed by atoms with E-state index < -0.39 is 9.84 Å². The van der Waals surface area contributed by atoms with Gasteiger partial charge in [-0.15, -0.1) is 0 Å². The molecule has 1 aromatic carbocycles. The van der Waals surface area contributed by atoms with E-state index in [1.54, 1.807) is 26.2 Å². The fourth-order valence-corrected chi connectivity index (χ4v) is 7.06. The molecule has 2 N–H and O–H groups in total. The number of rotatable bonds is 12. The van der Waals surface area contributed by atoms with Gasteiger partial charge in [-0.2, -0.15) is 0 Å². The SMILES string of the molecule is CNC(=O)NCC1CCN(Cc2cc(Oc3ccc(N4CCN(CCC(C)S(C)(=O)=O)CC4)nc3)nc(-c3cc(Cl)cc(Cl)c3)c2)CC1. The van der Waals surface area contributed by atoms with Gasteiger partial charge in [-0.1, -0.05) is 23.2 Å². The van der Waals surface area contributed by atoms with Gasteiger partial charge in [-0.05, 0) is 93.7 Å². The Morgan fingerprint density at radius 3 is 2.33 bits per heavy atom. The first-order chi connectivity index (χ1) is 22.9. The Labute approximate surface area is 293 Å². The molecule has 2 aliphatic rings. The first-order valence-corrected chi connectivity index (χ1v) is 19.1. The summed E-state index contributed by atoms with van der Waals surface area (Å²) < 4.78 is 29.8. The van der Waals surface area contributed by atoms with E-state index >= 15 is 0 Å². The predicted octanol–water partition coefficient (Wildman–Crippen LogP) is 5.33. The van der Waals surface area contributed by atoms with E-state index in [0.717, 1.165) is 82.1 Å². The van der Waals surface area contributed by atoms with Gasteiger partial charge >= 0.3 is 6.03 Å². The van der Waals surface area contributed by atoms with Crippen molar-refractivity contribution in [1.82, 2.24) is 30.4 Å². The van der Waals surface area contributed by atoms with Crippen LogP contribution in [0.4, 0.5) is 10.6 Å². The number of piperazine rings is 1. The summed E-state index contributed by atoms with van der Waals surface area (Å²) in [5.41, 5.74) is 2.57. The molecule has 2 aromatic heterocycles. The van der Waals surface area contributed by atoms with Crippen LogP contribution in [0, 0.1) is 5.92 Å². The molecule has 1 atom stereocenters. The molecular weight excluding hydrogens is 673 g/mol. The average Bonchev–Trinajstić information content (AvgIpc) is 3.06. The van der Waals surface area contributed by atoms with Crippen LogP contribution in [0.3, 0.4) is 0 Å². The zero-order valence-corrected chi connectivity index (χ0v) is 30.1. The molecule has 260 valence electrons. The summed E-state index contributed by atoms with van der Waals surface area (Å²) in [6.45, 7) is 9.15. The summed E-state index contributed by atoms with van der Waals surface area (Å²) in [4.78, 5) is 28.0. The van der Waals surface area contributed by atoms with Crippen molar-refractivity contribution in [3.63, 3.8) is 0 Å². The summed E-state index contributed by atoms with van der Waals surface area (Å²) in [5.74, 6) is 2.36. The summed E-state index contributed by atoms with van der Waals surface area (Å²) in [5, 5.41) is 6.26. The molecule has 2 fully saturated rings. The number of amides is 2. The van der Waals surface area contributed by atoms with Crippen molar-refractivity contribution in [2.45, 2.75) is 38.0 Å². The number of carbonyl (C=O) groups excluding carboxylic acids is 1. The summed E-state index contributed by atoms with van der Waals surface area (Å²) >= 11 is 12.7. The van der Waals surface area contributed by atoms with Crippen LogP contribution in [-0.2, 0) is 16.4 Å². The summed E-state index contributed by atoms with van der Waals surface area (Å²) in [6, 6.07) is 13.1. The van der Waals surface area contributed by atoms with E-state index in [4.69, 9.17) is 37.9 Å². The van der Waals surface area contributed by atoms with E-state index in [1.165, 1.54) is 6.26 Å². The van der Waals surface area contributed by atoms with E-state index in [9.17, 15) is 13.2 Å². The van der Waals surface area contributed by atoms with E-state index in [0.29, 0.717) is 46.3 Å². The number of halogens is 2. The molecule has 48 heavy (non-hydrogen) atoms. The van der Waals surface area contributed by atoms with Crippen molar-refractivity contribution in [2.75, 3.05) is 70.6 Å². The number of benzene rings is 1. The second kappa shape index (κ2) is 16.5. The quantitative estimate of drug-likeness (QED) is 0.256. The van der Waals surface area contributed by atoms with Crippen molar-refractivity contribution in [1.29, 1.82) is 0 Å². The molecule has 14 heteroatoms. The Hall–Kier alpha value is -3.16. The maximum Gasteiger partial charge on any atom is 0.314 e. The Morgan fingerprint density at radius 2 is 1.71 bits per heavy atom. The number of sulfone groups is 1. The van der Waals surface area contributed by atoms with Crippen LogP contribution in [0.2, 0.25) is 10.0 Å². The third kappa shape index (κ3) is 10.4. The largest absolute Gasteiger partial charge is 0.437 e. The molecule has 2 amide bonds. The summed E-state index contributed by atoms with van der Waals surface area (Å²) in [7, 11) is -1.38. The maximum absolute atomic E-state index is 11.8. The Bertz CT molecular complexity index is 1630. The number of nitrogens with one attached hydrogen (secondary N) is 2. The van der Waals surface area contributed by atoms with Crippen molar-refractivity contribution < 1.29 is 17.9 Å². The molecule has 3 aromatic rings. The fraction of sp³-hybridized carbons (Fsp3) is 0.500. The zero-order valence-electron chi connectivity index (χ0n) is 27.8. The highest BCUT2D eigenvalue weighted by Gasteiger charge is 2.22. The highest BCUT2D eigenvalue weighted by Crippen LogP contribution is 2.31. The number of anilines is 1. The van der Waals surface area contributed by atoms with Crippen LogP contribution in [0.1, 0.15) is 31.7 Å². The number of nitrogens with zero attached hydrogens (tertiary/aromatic N) is 5. The molecule has 2 aliphatic heterocycles. The fourth-order valence-electron chi connectivity index (χ4n) is 6.00. The van der Waals surface area contributed by atoms with Crippen LogP contribution in [0.5, 0.6) is 11.6 Å². The maximum atomic E-state index is 11.8. The number of piperidine rings is 1. The number of aromatic nitrogens is 2. The highest BCUT2D eigenvalue weighted by atomic mass is 35.5. The lowest BCUT2D eigenvalue weighted by Crippen LogP contribution is -2.47. The molecular formula is C34H45Cl2N7O4S.